The molecule has 0 saturated carbocycles. The predicted molar refractivity (Wildman–Crippen MR) is 158 cm³/mol. The van der Waals surface area contributed by atoms with Crippen LogP contribution in [0.5, 0.6) is 0 Å². The van der Waals surface area contributed by atoms with Crippen LogP contribution in [0, 0.1) is 0 Å². The van der Waals surface area contributed by atoms with Gasteiger partial charge in [0.25, 0.3) is 0 Å². The third-order valence-electron chi connectivity index (χ3n) is 6.66. The predicted octanol–water partition coefficient (Wildman–Crippen LogP) is 7.39. The van der Waals surface area contributed by atoms with Crippen molar-refractivity contribution < 1.29 is 9.53 Å². The molecule has 40 heavy (non-hydrogen) atoms. The van der Waals surface area contributed by atoms with Crippen molar-refractivity contribution in [2.45, 2.75) is 39.3 Å². The lowest BCUT2D eigenvalue weighted by molar-refractivity contribution is 0.0547. The Morgan fingerprint density at radius 1 is 0.900 bits per heavy atom. The Bertz CT molecular complexity index is 1830. The van der Waals surface area contributed by atoms with Gasteiger partial charge in [0.05, 0.1) is 28.3 Å². The Labute approximate surface area is 232 Å². The first-order chi connectivity index (χ1) is 19.3. The van der Waals surface area contributed by atoms with Crippen molar-refractivity contribution in [3.63, 3.8) is 0 Å². The molecule has 0 bridgehead atoms. The number of carbonyl (C=O) groups is 1. The monoisotopic (exact) mass is 530 g/mol. The van der Waals surface area contributed by atoms with E-state index < -0.39 is 11.7 Å². The van der Waals surface area contributed by atoms with E-state index >= 15 is 0 Å². The van der Waals surface area contributed by atoms with Crippen LogP contribution in [0.2, 0.25) is 0 Å². The molecule has 6 aromatic rings. The van der Waals surface area contributed by atoms with E-state index in [1.807, 2.05) is 98.1 Å². The van der Waals surface area contributed by atoms with Gasteiger partial charge in [-0.25, -0.2) is 19.3 Å². The van der Waals surface area contributed by atoms with Gasteiger partial charge in [0, 0.05) is 17.1 Å². The molecule has 0 spiro atoms. The molecule has 0 aliphatic carbocycles. The molecule has 3 aromatic carbocycles. The van der Waals surface area contributed by atoms with Gasteiger partial charge in [0.2, 0.25) is 5.95 Å². The van der Waals surface area contributed by atoms with E-state index in [4.69, 9.17) is 9.72 Å². The molecule has 0 fully saturated rings. The lowest BCUT2D eigenvalue weighted by Crippen LogP contribution is -2.27. The number of rotatable bonds is 5. The maximum absolute atomic E-state index is 13.3. The van der Waals surface area contributed by atoms with Gasteiger partial charge in [-0.3, -0.25) is 4.57 Å². The molecule has 0 aliphatic rings. The van der Waals surface area contributed by atoms with E-state index in [9.17, 15) is 4.79 Å². The van der Waals surface area contributed by atoms with Crippen molar-refractivity contribution in [1.82, 2.24) is 24.1 Å². The summed E-state index contributed by atoms with van der Waals surface area (Å²) in [6.45, 7) is 7.68. The number of carbonyl (C=O) groups excluding carboxylic acids is 1. The molecule has 0 aliphatic heterocycles. The minimum absolute atomic E-state index is 0.0512. The molecule has 0 amide bonds. The summed E-state index contributed by atoms with van der Waals surface area (Å²) in [6, 6.07) is 27.9. The van der Waals surface area contributed by atoms with Crippen LogP contribution in [-0.2, 0) is 4.74 Å². The van der Waals surface area contributed by atoms with E-state index in [0.717, 1.165) is 38.8 Å². The van der Waals surface area contributed by atoms with E-state index in [2.05, 4.69) is 34.3 Å². The van der Waals surface area contributed by atoms with Gasteiger partial charge < -0.3 is 10.1 Å². The van der Waals surface area contributed by atoms with Gasteiger partial charge in [-0.1, -0.05) is 54.6 Å². The van der Waals surface area contributed by atoms with Crippen LogP contribution < -0.4 is 5.32 Å². The van der Waals surface area contributed by atoms with Crippen molar-refractivity contribution in [2.75, 3.05) is 5.32 Å². The molecule has 200 valence electrons. The van der Waals surface area contributed by atoms with Crippen molar-refractivity contribution in [1.29, 1.82) is 0 Å². The van der Waals surface area contributed by atoms with Gasteiger partial charge in [-0.2, -0.15) is 4.98 Å². The number of imidazole rings is 1. The summed E-state index contributed by atoms with van der Waals surface area (Å²) in [5, 5.41) is 4.34. The first-order valence-electron chi connectivity index (χ1n) is 13.2. The highest BCUT2D eigenvalue weighted by atomic mass is 16.6. The molecule has 8 heteroatoms. The largest absolute Gasteiger partial charge is 0.443 e. The number of para-hydroxylation sites is 1. The molecule has 6 rings (SSSR count). The van der Waals surface area contributed by atoms with Gasteiger partial charge >= 0.3 is 6.09 Å². The summed E-state index contributed by atoms with van der Waals surface area (Å²) >= 11 is 0. The molecule has 3 heterocycles. The van der Waals surface area contributed by atoms with Gasteiger partial charge in [0.15, 0.2) is 0 Å². The van der Waals surface area contributed by atoms with Gasteiger partial charge in [-0.15, -0.1) is 0 Å². The number of nitrogens with zero attached hydrogens (tertiary/aromatic N) is 5. The minimum atomic E-state index is -0.618. The zero-order valence-electron chi connectivity index (χ0n) is 22.9. The van der Waals surface area contributed by atoms with E-state index in [1.165, 1.54) is 0 Å². The summed E-state index contributed by atoms with van der Waals surface area (Å²) in [4.78, 5) is 27.1. The molecule has 0 saturated heterocycles. The maximum Gasteiger partial charge on any atom is 0.419 e. The zero-order valence-corrected chi connectivity index (χ0v) is 22.9. The Kier molecular flexibility index (Phi) is 6.30. The summed E-state index contributed by atoms with van der Waals surface area (Å²) in [5.74, 6) is 1.24. The zero-order chi connectivity index (χ0) is 27.9. The molecule has 0 unspecified atom stereocenters. The van der Waals surface area contributed by atoms with Crippen molar-refractivity contribution in [3.05, 3.63) is 103 Å². The highest BCUT2D eigenvalue weighted by Gasteiger charge is 2.23. The summed E-state index contributed by atoms with van der Waals surface area (Å²) in [6.07, 6.45) is 3.08. The van der Waals surface area contributed by atoms with Crippen LogP contribution in [0.15, 0.2) is 97.5 Å². The second-order valence-electron chi connectivity index (χ2n) is 10.7. The van der Waals surface area contributed by atoms with Crippen molar-refractivity contribution >= 4 is 34.0 Å². The van der Waals surface area contributed by atoms with Crippen LogP contribution in [-0.4, -0.2) is 35.8 Å². The van der Waals surface area contributed by atoms with Crippen LogP contribution in [0.1, 0.15) is 39.3 Å². The van der Waals surface area contributed by atoms with E-state index in [1.54, 1.807) is 17.1 Å². The standard InChI is InChI=1S/C32H30N6O2/c1-21(22-10-6-5-7-11-22)35-30-33-17-16-29(36-30)37-20-34-25-18-24(14-15-27(25)37)28-19-23-12-8-9-13-26(23)38(28)31(39)40-32(2,3)4/h5-21H,1-4H3,(H,33,35,36)/t21-/m0/s1. The molecule has 3 aromatic heterocycles. The van der Waals surface area contributed by atoms with Crippen LogP contribution in [0.25, 0.3) is 39.0 Å². The first kappa shape index (κ1) is 25.3. The van der Waals surface area contributed by atoms with Gasteiger partial charge in [-0.05, 0) is 63.6 Å². The molecule has 0 radical (unpaired) electrons. The summed E-state index contributed by atoms with van der Waals surface area (Å²) < 4.78 is 9.32. The van der Waals surface area contributed by atoms with Crippen molar-refractivity contribution in [2.24, 2.45) is 0 Å². The number of hydrogen-bond donors (Lipinski definition) is 1. The lowest BCUT2D eigenvalue weighted by atomic mass is 10.1. The highest BCUT2D eigenvalue weighted by Crippen LogP contribution is 2.31. The van der Waals surface area contributed by atoms with E-state index in [-0.39, 0.29) is 6.04 Å². The Hall–Kier alpha value is -4.98. The van der Waals surface area contributed by atoms with E-state index in [0.29, 0.717) is 11.8 Å². The normalized spacial score (nSPS) is 12.5. The fraction of sp³-hybridized carbons (Fsp3) is 0.188. The minimum Gasteiger partial charge on any atom is -0.443 e. The second-order valence-corrected chi connectivity index (χ2v) is 10.7. The van der Waals surface area contributed by atoms with Gasteiger partial charge in [0.1, 0.15) is 17.7 Å². The molecule has 1 N–H and O–H groups in total. The highest BCUT2D eigenvalue weighted by molar-refractivity contribution is 5.97. The molecular formula is C32H30N6O2. The number of benzene rings is 3. The van der Waals surface area contributed by atoms with Crippen molar-refractivity contribution in [3.8, 4) is 17.1 Å². The lowest BCUT2D eigenvalue weighted by Gasteiger charge is -2.21. The Balaban J connectivity index is 1.35. The topological polar surface area (TPSA) is 86.9 Å². The van der Waals surface area contributed by atoms with Crippen LogP contribution >= 0.6 is 0 Å². The average molecular weight is 531 g/mol. The smallest absolute Gasteiger partial charge is 0.419 e. The van der Waals surface area contributed by atoms with Crippen LogP contribution in [0.3, 0.4) is 0 Å². The number of aromatic nitrogens is 5. The number of fused-ring (bicyclic) bond motifs is 2. The Morgan fingerprint density at radius 3 is 2.48 bits per heavy atom. The summed E-state index contributed by atoms with van der Waals surface area (Å²) in [5.41, 5.74) is 4.61. The average Bonchev–Trinajstić information content (AvgIpc) is 3.54. The number of nitrogens with one attached hydrogen (secondary N) is 1. The SMILES string of the molecule is C[C@H](Nc1nccc(-n2cnc3cc(-c4cc5ccccc5n4C(=O)OC(C)(C)C)ccc32)n1)c1ccccc1. The molecule has 1 atom stereocenters. The fourth-order valence-electron chi connectivity index (χ4n) is 4.80. The number of anilines is 1. The summed E-state index contributed by atoms with van der Waals surface area (Å²) in [7, 11) is 0. The third kappa shape index (κ3) is 4.91. The fourth-order valence-corrected chi connectivity index (χ4v) is 4.80. The number of ether oxygens (including phenoxy) is 1. The number of hydrogen-bond acceptors (Lipinski definition) is 6. The Morgan fingerprint density at radius 2 is 1.68 bits per heavy atom. The quantitative estimate of drug-likeness (QED) is 0.250. The maximum atomic E-state index is 13.3. The van der Waals surface area contributed by atoms with Crippen LogP contribution in [0.4, 0.5) is 10.7 Å². The molecular weight excluding hydrogens is 500 g/mol. The second kappa shape index (κ2) is 9.96. The molecule has 8 nitrogen and oxygen atoms in total. The first-order valence-corrected chi connectivity index (χ1v) is 13.2. The third-order valence-corrected chi connectivity index (χ3v) is 6.66.